The topological polar surface area (TPSA) is 54.0 Å². The molecule has 1 saturated carbocycles. The van der Waals surface area contributed by atoms with Crippen LogP contribution in [0.4, 0.5) is 5.69 Å². The number of rotatable bonds is 6. The van der Waals surface area contributed by atoms with Crippen molar-refractivity contribution in [2.24, 2.45) is 5.92 Å². The molecule has 1 aromatic heterocycles. The number of fused-ring (bicyclic) bond motifs is 1. The van der Waals surface area contributed by atoms with Crippen molar-refractivity contribution in [2.75, 3.05) is 11.9 Å². The van der Waals surface area contributed by atoms with E-state index in [9.17, 15) is 4.79 Å². The summed E-state index contributed by atoms with van der Waals surface area (Å²) in [5.41, 5.74) is 1.48. The number of nitrogens with zero attached hydrogens (tertiary/aromatic N) is 1. The molecule has 6 heteroatoms. The van der Waals surface area contributed by atoms with Crippen LogP contribution in [0, 0.1) is 5.92 Å². The molecule has 2 N–H and O–H groups in total. The Labute approximate surface area is 167 Å². The number of aromatic nitrogens is 1. The van der Waals surface area contributed by atoms with Gasteiger partial charge in [0, 0.05) is 17.0 Å². The van der Waals surface area contributed by atoms with Gasteiger partial charge >= 0.3 is 0 Å². The third-order valence-corrected chi connectivity index (χ3v) is 5.51. The number of hydrogen-bond donors (Lipinski definition) is 2. The molecule has 1 aliphatic rings. The predicted octanol–water partition coefficient (Wildman–Crippen LogP) is 5.22. The fourth-order valence-corrected chi connectivity index (χ4v) is 3.39. The zero-order valence-electron chi connectivity index (χ0n) is 14.6. The van der Waals surface area contributed by atoms with E-state index in [1.165, 1.54) is 12.8 Å². The van der Waals surface area contributed by atoms with Crippen LogP contribution in [0.2, 0.25) is 10.0 Å². The number of carbonyl (C=O) groups is 1. The lowest BCUT2D eigenvalue weighted by atomic mass is 10.1. The number of carbonyl (C=O) groups excluding carboxylic acids is 1. The van der Waals surface area contributed by atoms with Gasteiger partial charge in [-0.05, 0) is 43.0 Å². The number of anilines is 1. The highest BCUT2D eigenvalue weighted by molar-refractivity contribution is 6.42. The molecule has 3 aromatic rings. The van der Waals surface area contributed by atoms with Crippen molar-refractivity contribution in [2.45, 2.75) is 18.9 Å². The average Bonchev–Trinajstić information content (AvgIpc) is 3.49. The maximum absolute atomic E-state index is 13.1. The predicted molar refractivity (Wildman–Crippen MR) is 110 cm³/mol. The fourth-order valence-electron chi connectivity index (χ4n) is 3.08. The maximum Gasteiger partial charge on any atom is 0.246 e. The first kappa shape index (κ1) is 18.2. The molecule has 27 heavy (non-hydrogen) atoms. The highest BCUT2D eigenvalue weighted by Crippen LogP contribution is 2.31. The van der Waals surface area contributed by atoms with E-state index in [4.69, 9.17) is 23.2 Å². The van der Waals surface area contributed by atoms with E-state index < -0.39 is 6.04 Å². The lowest BCUT2D eigenvalue weighted by Gasteiger charge is -2.20. The number of pyridine rings is 1. The Hall–Kier alpha value is -2.14. The molecule has 2 aromatic carbocycles. The fraction of sp³-hybridized carbons (Fsp3) is 0.238. The van der Waals surface area contributed by atoms with Gasteiger partial charge in [0.15, 0.2) is 0 Å². The normalized spacial score (nSPS) is 14.9. The van der Waals surface area contributed by atoms with Gasteiger partial charge in [0.25, 0.3) is 0 Å². The second kappa shape index (κ2) is 7.85. The van der Waals surface area contributed by atoms with Gasteiger partial charge in [-0.15, -0.1) is 0 Å². The average molecular weight is 400 g/mol. The number of halogens is 2. The number of amides is 1. The molecule has 4 nitrogen and oxygen atoms in total. The molecule has 4 rings (SSSR count). The van der Waals surface area contributed by atoms with Crippen molar-refractivity contribution in [3.05, 3.63) is 70.5 Å². The molecule has 1 amide bonds. The zero-order valence-corrected chi connectivity index (χ0v) is 16.1. The molecular weight excluding hydrogens is 381 g/mol. The molecule has 0 spiro atoms. The van der Waals surface area contributed by atoms with Crippen LogP contribution >= 0.6 is 23.2 Å². The van der Waals surface area contributed by atoms with Crippen molar-refractivity contribution < 1.29 is 4.79 Å². The summed E-state index contributed by atoms with van der Waals surface area (Å²) in [6.07, 6.45) is 5.87. The molecule has 1 fully saturated rings. The number of benzene rings is 2. The number of nitrogens with one attached hydrogen (secondary N) is 2. The Bertz CT molecular complexity index is 983. The number of hydrogen-bond acceptors (Lipinski definition) is 3. The van der Waals surface area contributed by atoms with E-state index in [0.717, 1.165) is 22.9 Å². The summed E-state index contributed by atoms with van der Waals surface area (Å²) in [4.78, 5) is 17.3. The van der Waals surface area contributed by atoms with Crippen molar-refractivity contribution in [1.82, 2.24) is 10.3 Å². The molecule has 1 atom stereocenters. The second-order valence-electron chi connectivity index (χ2n) is 6.86. The van der Waals surface area contributed by atoms with Gasteiger partial charge in [-0.2, -0.15) is 0 Å². The Balaban J connectivity index is 1.61. The molecule has 1 heterocycles. The lowest BCUT2D eigenvalue weighted by Crippen LogP contribution is -2.34. The minimum Gasteiger partial charge on any atom is -0.323 e. The molecule has 0 radical (unpaired) electrons. The van der Waals surface area contributed by atoms with Crippen molar-refractivity contribution in [3.63, 3.8) is 0 Å². The highest BCUT2D eigenvalue weighted by atomic mass is 35.5. The van der Waals surface area contributed by atoms with Gasteiger partial charge in [-0.25, -0.2) is 0 Å². The van der Waals surface area contributed by atoms with Crippen molar-refractivity contribution in [1.29, 1.82) is 0 Å². The van der Waals surface area contributed by atoms with Crippen LogP contribution in [-0.2, 0) is 4.79 Å². The van der Waals surface area contributed by atoms with Crippen LogP contribution in [0.25, 0.3) is 10.8 Å². The molecular formula is C21H19Cl2N3O. The minimum absolute atomic E-state index is 0.146. The lowest BCUT2D eigenvalue weighted by molar-refractivity contribution is -0.118. The van der Waals surface area contributed by atoms with Gasteiger partial charge in [-0.3, -0.25) is 9.78 Å². The highest BCUT2D eigenvalue weighted by Gasteiger charge is 2.26. The molecule has 1 aliphatic carbocycles. The summed E-state index contributed by atoms with van der Waals surface area (Å²) in [6.45, 7) is 0.798. The van der Waals surface area contributed by atoms with E-state index in [1.807, 2.05) is 30.3 Å². The first-order valence-corrected chi connectivity index (χ1v) is 9.69. The molecule has 0 aliphatic heterocycles. The van der Waals surface area contributed by atoms with E-state index in [2.05, 4.69) is 15.6 Å². The summed E-state index contributed by atoms with van der Waals surface area (Å²) in [6, 6.07) is 12.6. The Kier molecular flexibility index (Phi) is 5.30. The zero-order chi connectivity index (χ0) is 18.8. The molecule has 0 bridgehead atoms. The Morgan fingerprint density at radius 3 is 2.70 bits per heavy atom. The van der Waals surface area contributed by atoms with Crippen LogP contribution in [0.15, 0.2) is 54.9 Å². The summed E-state index contributed by atoms with van der Waals surface area (Å²) in [5, 5.41) is 9.24. The minimum atomic E-state index is -0.515. The summed E-state index contributed by atoms with van der Waals surface area (Å²) < 4.78 is 0. The standard InChI is InChI=1S/C21H19Cl2N3O/c22-17-8-7-14(9-18(17)23)20(25-10-13-5-6-13)21(27)26-19-12-24-11-15-3-1-2-4-16(15)19/h1-4,7-9,11-13,20,25H,5-6,10H2,(H,26,27). The molecule has 138 valence electrons. The molecule has 0 saturated heterocycles. The summed E-state index contributed by atoms with van der Waals surface area (Å²) >= 11 is 12.2. The van der Waals surface area contributed by atoms with Crippen LogP contribution < -0.4 is 10.6 Å². The van der Waals surface area contributed by atoms with Crippen molar-refractivity contribution in [3.8, 4) is 0 Å². The molecule has 1 unspecified atom stereocenters. The van der Waals surface area contributed by atoms with Gasteiger partial charge in [0.05, 0.1) is 21.9 Å². The first-order valence-electron chi connectivity index (χ1n) is 8.94. The van der Waals surface area contributed by atoms with Crippen molar-refractivity contribution >= 4 is 45.6 Å². The van der Waals surface area contributed by atoms with E-state index in [1.54, 1.807) is 24.5 Å². The third-order valence-electron chi connectivity index (χ3n) is 4.77. The van der Waals surface area contributed by atoms with Gasteiger partial charge < -0.3 is 10.6 Å². The van der Waals surface area contributed by atoms with E-state index in [0.29, 0.717) is 21.7 Å². The van der Waals surface area contributed by atoms with Crippen LogP contribution in [0.5, 0.6) is 0 Å². The third kappa shape index (κ3) is 4.24. The largest absolute Gasteiger partial charge is 0.323 e. The van der Waals surface area contributed by atoms with E-state index in [-0.39, 0.29) is 5.91 Å². The van der Waals surface area contributed by atoms with Gasteiger partial charge in [0.1, 0.15) is 6.04 Å². The smallest absolute Gasteiger partial charge is 0.246 e. The van der Waals surface area contributed by atoms with E-state index >= 15 is 0 Å². The monoisotopic (exact) mass is 399 g/mol. The Morgan fingerprint density at radius 2 is 1.93 bits per heavy atom. The quantitative estimate of drug-likeness (QED) is 0.597. The van der Waals surface area contributed by atoms with Gasteiger partial charge in [-0.1, -0.05) is 53.5 Å². The van der Waals surface area contributed by atoms with Gasteiger partial charge in [0.2, 0.25) is 5.91 Å². The summed E-state index contributed by atoms with van der Waals surface area (Å²) in [7, 11) is 0. The second-order valence-corrected chi connectivity index (χ2v) is 7.67. The SMILES string of the molecule is O=C(Nc1cncc2ccccc12)C(NCC1CC1)c1ccc(Cl)c(Cl)c1. The Morgan fingerprint density at radius 1 is 1.11 bits per heavy atom. The van der Waals surface area contributed by atoms with Crippen LogP contribution in [-0.4, -0.2) is 17.4 Å². The first-order chi connectivity index (χ1) is 13.1. The maximum atomic E-state index is 13.1. The van der Waals surface area contributed by atoms with Crippen LogP contribution in [0.1, 0.15) is 24.4 Å². The summed E-state index contributed by atoms with van der Waals surface area (Å²) in [5.74, 6) is 0.495. The van der Waals surface area contributed by atoms with Crippen LogP contribution in [0.3, 0.4) is 0 Å².